The summed E-state index contributed by atoms with van der Waals surface area (Å²) in [6, 6.07) is 4.05. The van der Waals surface area contributed by atoms with Gasteiger partial charge in [0.2, 0.25) is 0 Å². The van der Waals surface area contributed by atoms with Crippen molar-refractivity contribution in [2.45, 2.75) is 26.1 Å². The van der Waals surface area contributed by atoms with Gasteiger partial charge in [-0.3, -0.25) is 9.69 Å². The molecule has 0 N–H and O–H groups in total. The van der Waals surface area contributed by atoms with Crippen LogP contribution in [0.25, 0.3) is 5.65 Å². The van der Waals surface area contributed by atoms with Crippen LogP contribution in [0.15, 0.2) is 24.4 Å². The number of nitrogens with zero attached hydrogens (tertiary/aromatic N) is 5. The average molecular weight is 416 g/mol. The zero-order valence-electron chi connectivity index (χ0n) is 16.0. The standard InChI is InChI=1S/C20H19ClFN5O2/c1-11-16(21)9-27-19(23-11)15-8-26(10-17(15)24-27)20(28)14-4-3-12(22)5-18(14)29-13-6-25(2)7-13/h3-5,9,13H,6-8,10H2,1-2H3. The van der Waals surface area contributed by atoms with E-state index in [0.717, 1.165) is 24.3 Å². The highest BCUT2D eigenvalue weighted by Gasteiger charge is 2.32. The van der Waals surface area contributed by atoms with Crippen LogP contribution < -0.4 is 4.74 Å². The summed E-state index contributed by atoms with van der Waals surface area (Å²) < 4.78 is 21.3. The van der Waals surface area contributed by atoms with Gasteiger partial charge in [0.1, 0.15) is 17.7 Å². The molecule has 1 amide bonds. The number of likely N-dealkylation sites (tertiary alicyclic amines) is 1. The van der Waals surface area contributed by atoms with E-state index in [1.54, 1.807) is 15.6 Å². The molecule has 0 aliphatic carbocycles. The summed E-state index contributed by atoms with van der Waals surface area (Å²) in [5, 5.41) is 5.06. The Bertz CT molecular complexity index is 1140. The van der Waals surface area contributed by atoms with E-state index in [9.17, 15) is 9.18 Å². The number of rotatable bonds is 3. The zero-order chi connectivity index (χ0) is 20.3. The SMILES string of the molecule is Cc1nc2c3c(nn2cc1Cl)CN(C(=O)c1ccc(F)cc1OC1CN(C)C1)C3. The van der Waals surface area contributed by atoms with Crippen molar-refractivity contribution < 1.29 is 13.9 Å². The third-order valence-electron chi connectivity index (χ3n) is 5.39. The maximum atomic E-state index is 13.8. The second-order valence-corrected chi connectivity index (χ2v) is 8.04. The number of carbonyl (C=O) groups excluding carboxylic acids is 1. The molecule has 29 heavy (non-hydrogen) atoms. The molecule has 2 aliphatic heterocycles. The van der Waals surface area contributed by atoms with E-state index in [0.29, 0.717) is 35.0 Å². The lowest BCUT2D eigenvalue weighted by Gasteiger charge is -2.36. The molecule has 3 aromatic rings. The average Bonchev–Trinajstić information content (AvgIpc) is 3.19. The first kappa shape index (κ1) is 18.3. The van der Waals surface area contributed by atoms with Gasteiger partial charge in [0.25, 0.3) is 5.91 Å². The molecule has 0 radical (unpaired) electrons. The van der Waals surface area contributed by atoms with Gasteiger partial charge in [-0.25, -0.2) is 13.9 Å². The van der Waals surface area contributed by atoms with Crippen molar-refractivity contribution in [3.63, 3.8) is 0 Å². The minimum Gasteiger partial charge on any atom is -0.487 e. The predicted octanol–water partition coefficient (Wildman–Crippen LogP) is 2.68. The molecule has 4 heterocycles. The predicted molar refractivity (Wildman–Crippen MR) is 105 cm³/mol. The number of aromatic nitrogens is 3. The van der Waals surface area contributed by atoms with E-state index in [-0.39, 0.29) is 17.8 Å². The smallest absolute Gasteiger partial charge is 0.258 e. The van der Waals surface area contributed by atoms with Crippen molar-refractivity contribution in [2.75, 3.05) is 20.1 Å². The van der Waals surface area contributed by atoms with Gasteiger partial charge in [-0.2, -0.15) is 5.10 Å². The Morgan fingerprint density at radius 2 is 2.10 bits per heavy atom. The Morgan fingerprint density at radius 3 is 2.86 bits per heavy atom. The number of aryl methyl sites for hydroxylation is 1. The van der Waals surface area contributed by atoms with E-state index >= 15 is 0 Å². The molecule has 2 aliphatic rings. The van der Waals surface area contributed by atoms with Gasteiger partial charge in [0.05, 0.1) is 41.3 Å². The molecule has 150 valence electrons. The van der Waals surface area contributed by atoms with Crippen LogP contribution in [0.1, 0.15) is 27.3 Å². The van der Waals surface area contributed by atoms with Crippen molar-refractivity contribution in [1.82, 2.24) is 24.4 Å². The van der Waals surface area contributed by atoms with E-state index in [1.807, 2.05) is 14.0 Å². The number of hydrogen-bond acceptors (Lipinski definition) is 5. The van der Waals surface area contributed by atoms with Crippen LogP contribution in [0.4, 0.5) is 4.39 Å². The van der Waals surface area contributed by atoms with E-state index < -0.39 is 5.82 Å². The Morgan fingerprint density at radius 1 is 1.31 bits per heavy atom. The van der Waals surface area contributed by atoms with Gasteiger partial charge >= 0.3 is 0 Å². The molecule has 0 bridgehead atoms. The highest BCUT2D eigenvalue weighted by atomic mass is 35.5. The van der Waals surface area contributed by atoms with Gasteiger partial charge in [-0.15, -0.1) is 0 Å². The molecular formula is C20H19ClFN5O2. The Hall–Kier alpha value is -2.71. The second-order valence-electron chi connectivity index (χ2n) is 7.63. The molecule has 1 aromatic carbocycles. The Labute approximate surface area is 171 Å². The number of likely N-dealkylation sites (N-methyl/N-ethyl adjacent to an activating group) is 1. The fourth-order valence-corrected chi connectivity index (χ4v) is 3.96. The first-order valence-corrected chi connectivity index (χ1v) is 9.74. The number of halogens is 2. The zero-order valence-corrected chi connectivity index (χ0v) is 16.8. The summed E-state index contributed by atoms with van der Waals surface area (Å²) >= 11 is 6.13. The van der Waals surface area contributed by atoms with Gasteiger partial charge in [0, 0.05) is 24.7 Å². The van der Waals surface area contributed by atoms with Crippen LogP contribution in [-0.2, 0) is 13.1 Å². The van der Waals surface area contributed by atoms with Gasteiger partial charge in [-0.05, 0) is 26.1 Å². The Kier molecular flexibility index (Phi) is 4.22. The number of fused-ring (bicyclic) bond motifs is 3. The number of hydrogen-bond donors (Lipinski definition) is 0. The maximum absolute atomic E-state index is 13.8. The quantitative estimate of drug-likeness (QED) is 0.658. The monoisotopic (exact) mass is 415 g/mol. The third kappa shape index (κ3) is 3.12. The molecule has 0 atom stereocenters. The van der Waals surface area contributed by atoms with Crippen molar-refractivity contribution in [3.05, 3.63) is 57.8 Å². The van der Waals surface area contributed by atoms with Gasteiger partial charge in [0.15, 0.2) is 5.65 Å². The molecule has 5 rings (SSSR count). The van der Waals surface area contributed by atoms with Crippen LogP contribution in [0.5, 0.6) is 5.75 Å². The summed E-state index contributed by atoms with van der Waals surface area (Å²) in [5.74, 6) is -0.356. The lowest BCUT2D eigenvalue weighted by atomic mass is 10.1. The fraction of sp³-hybridized carbons (Fsp3) is 0.350. The largest absolute Gasteiger partial charge is 0.487 e. The van der Waals surface area contributed by atoms with Crippen LogP contribution in [0.2, 0.25) is 5.02 Å². The number of carbonyl (C=O) groups is 1. The normalized spacial score (nSPS) is 16.9. The molecule has 0 saturated carbocycles. The summed E-state index contributed by atoms with van der Waals surface area (Å²) in [6.07, 6.45) is 1.69. The molecule has 7 nitrogen and oxygen atoms in total. The number of benzene rings is 1. The van der Waals surface area contributed by atoms with Crippen LogP contribution in [0, 0.1) is 12.7 Å². The minimum absolute atomic E-state index is 0.0368. The van der Waals surface area contributed by atoms with Crippen LogP contribution in [0.3, 0.4) is 0 Å². The van der Waals surface area contributed by atoms with E-state index in [4.69, 9.17) is 16.3 Å². The number of amides is 1. The van der Waals surface area contributed by atoms with Crippen molar-refractivity contribution in [3.8, 4) is 5.75 Å². The summed E-state index contributed by atoms with van der Waals surface area (Å²) in [5.41, 5.74) is 3.47. The topological polar surface area (TPSA) is 63.0 Å². The molecule has 0 spiro atoms. The molecule has 0 unspecified atom stereocenters. The van der Waals surface area contributed by atoms with E-state index in [1.165, 1.54) is 18.2 Å². The van der Waals surface area contributed by atoms with Crippen LogP contribution >= 0.6 is 11.6 Å². The Balaban J connectivity index is 1.42. The lowest BCUT2D eigenvalue weighted by Crippen LogP contribution is -2.51. The fourth-order valence-electron chi connectivity index (χ4n) is 3.82. The summed E-state index contributed by atoms with van der Waals surface area (Å²) in [4.78, 5) is 21.5. The van der Waals surface area contributed by atoms with E-state index in [2.05, 4.69) is 15.0 Å². The third-order valence-corrected chi connectivity index (χ3v) is 5.76. The summed E-state index contributed by atoms with van der Waals surface area (Å²) in [7, 11) is 1.98. The first-order valence-electron chi connectivity index (χ1n) is 9.36. The van der Waals surface area contributed by atoms with Gasteiger partial charge in [-0.1, -0.05) is 11.6 Å². The maximum Gasteiger partial charge on any atom is 0.258 e. The molecular weight excluding hydrogens is 397 g/mol. The summed E-state index contributed by atoms with van der Waals surface area (Å²) in [6.45, 7) is 4.08. The first-order chi connectivity index (χ1) is 13.9. The molecule has 1 fully saturated rings. The minimum atomic E-state index is -0.428. The van der Waals surface area contributed by atoms with Crippen molar-refractivity contribution in [2.24, 2.45) is 0 Å². The number of ether oxygens (including phenoxy) is 1. The molecule has 2 aromatic heterocycles. The highest BCUT2D eigenvalue weighted by molar-refractivity contribution is 6.31. The van der Waals surface area contributed by atoms with Crippen LogP contribution in [-0.4, -0.2) is 56.5 Å². The molecule has 9 heteroatoms. The van der Waals surface area contributed by atoms with Crippen molar-refractivity contribution in [1.29, 1.82) is 0 Å². The molecule has 1 saturated heterocycles. The second kappa shape index (κ2) is 6.67. The lowest BCUT2D eigenvalue weighted by molar-refractivity contribution is 0.0371. The van der Waals surface area contributed by atoms with Crippen molar-refractivity contribution >= 4 is 23.2 Å². The highest BCUT2D eigenvalue weighted by Crippen LogP contribution is 2.31. The van der Waals surface area contributed by atoms with Gasteiger partial charge < -0.3 is 9.64 Å².